The zero-order valence-corrected chi connectivity index (χ0v) is 14.8. The van der Waals surface area contributed by atoms with Gasteiger partial charge in [-0.3, -0.25) is 15.6 Å². The minimum atomic E-state index is -4.72. The quantitative estimate of drug-likeness (QED) is 0.447. The number of hydrogen-bond acceptors (Lipinski definition) is 5. The maximum absolute atomic E-state index is 13.8. The maximum Gasteiger partial charge on any atom is 0.418 e. The number of fused-ring (bicyclic) bond motifs is 1. The van der Waals surface area contributed by atoms with Gasteiger partial charge < -0.3 is 10.4 Å². The van der Waals surface area contributed by atoms with Crippen LogP contribution in [0.25, 0.3) is 0 Å². The van der Waals surface area contributed by atoms with Crippen LogP contribution in [0.3, 0.4) is 0 Å². The first-order valence-corrected chi connectivity index (χ1v) is 9.17. The SMILES string of the molecule is OC(NCCC1=NC2NCCCC2CC1)Nc1c(F)cccc1C(F)(F)F. The minimum absolute atomic E-state index is 0.151. The number of alkyl halides is 3. The molecule has 3 unspecified atom stereocenters. The van der Waals surface area contributed by atoms with E-state index in [1.165, 1.54) is 12.8 Å². The topological polar surface area (TPSA) is 68.7 Å². The van der Waals surface area contributed by atoms with Gasteiger partial charge in [-0.15, -0.1) is 0 Å². The van der Waals surface area contributed by atoms with E-state index in [0.717, 1.165) is 43.3 Å². The Kier molecular flexibility index (Phi) is 6.33. The Bertz CT molecular complexity index is 680. The summed E-state index contributed by atoms with van der Waals surface area (Å²) in [5.74, 6) is -0.499. The van der Waals surface area contributed by atoms with Gasteiger partial charge in [0, 0.05) is 12.3 Å². The summed E-state index contributed by atoms with van der Waals surface area (Å²) in [4.78, 5) is 4.70. The van der Waals surface area contributed by atoms with Gasteiger partial charge in [-0.25, -0.2) is 4.39 Å². The van der Waals surface area contributed by atoms with E-state index in [9.17, 15) is 22.7 Å². The van der Waals surface area contributed by atoms with Crippen LogP contribution in [-0.2, 0) is 6.18 Å². The van der Waals surface area contributed by atoms with Crippen molar-refractivity contribution >= 4 is 11.4 Å². The molecule has 9 heteroatoms. The number of aliphatic hydroxyl groups is 1. The number of hydrogen-bond donors (Lipinski definition) is 4. The molecule has 0 aliphatic carbocycles. The summed E-state index contributed by atoms with van der Waals surface area (Å²) in [7, 11) is 0. The minimum Gasteiger partial charge on any atom is -0.361 e. The lowest BCUT2D eigenvalue weighted by molar-refractivity contribution is -0.137. The van der Waals surface area contributed by atoms with Gasteiger partial charge in [0.15, 0.2) is 6.35 Å². The normalized spacial score (nSPS) is 24.1. The molecule has 2 aliphatic heterocycles. The Labute approximate surface area is 155 Å². The van der Waals surface area contributed by atoms with E-state index in [2.05, 4.69) is 16.0 Å². The number of aliphatic imine (C=N–C) groups is 1. The number of para-hydroxylation sites is 1. The molecule has 0 radical (unpaired) electrons. The van der Waals surface area contributed by atoms with Gasteiger partial charge in [0.25, 0.3) is 0 Å². The molecule has 3 rings (SSSR count). The fourth-order valence-corrected chi connectivity index (χ4v) is 3.64. The van der Waals surface area contributed by atoms with Gasteiger partial charge in [-0.2, -0.15) is 13.2 Å². The van der Waals surface area contributed by atoms with Gasteiger partial charge in [-0.05, 0) is 56.7 Å². The number of nitrogens with one attached hydrogen (secondary N) is 3. The molecule has 1 aromatic rings. The number of anilines is 1. The lowest BCUT2D eigenvalue weighted by Crippen LogP contribution is -2.43. The standard InChI is InChI=1S/C18H24F4N4O/c19-14-5-1-4-13(18(20,21)22)15(14)26-17(27)24-10-8-12-7-6-11-3-2-9-23-16(11)25-12/h1,4-5,11,16-17,23-24,26-27H,2-3,6-10H2. The second-order valence-corrected chi connectivity index (χ2v) is 6.95. The van der Waals surface area contributed by atoms with Crippen molar-refractivity contribution < 1.29 is 22.7 Å². The van der Waals surface area contributed by atoms with Crippen LogP contribution in [0.5, 0.6) is 0 Å². The van der Waals surface area contributed by atoms with Gasteiger partial charge in [0.05, 0.1) is 11.3 Å². The van der Waals surface area contributed by atoms with Gasteiger partial charge in [0.2, 0.25) is 0 Å². The molecule has 0 aromatic heterocycles. The summed E-state index contributed by atoms with van der Waals surface area (Å²) in [6.07, 6.45) is -1.19. The summed E-state index contributed by atoms with van der Waals surface area (Å²) in [6, 6.07) is 2.66. The van der Waals surface area contributed by atoms with Crippen LogP contribution in [0.4, 0.5) is 23.2 Å². The first-order valence-electron chi connectivity index (χ1n) is 9.17. The maximum atomic E-state index is 13.8. The van der Waals surface area contributed by atoms with Crippen molar-refractivity contribution in [2.75, 3.05) is 18.4 Å². The summed E-state index contributed by atoms with van der Waals surface area (Å²) in [6.45, 7) is 1.28. The lowest BCUT2D eigenvalue weighted by atomic mass is 9.87. The van der Waals surface area contributed by atoms with Crippen LogP contribution in [0.15, 0.2) is 23.2 Å². The largest absolute Gasteiger partial charge is 0.418 e. The van der Waals surface area contributed by atoms with Crippen LogP contribution >= 0.6 is 0 Å². The fraction of sp³-hybridized carbons (Fsp3) is 0.611. The molecule has 1 fully saturated rings. The van der Waals surface area contributed by atoms with Gasteiger partial charge >= 0.3 is 6.18 Å². The molecule has 150 valence electrons. The predicted octanol–water partition coefficient (Wildman–Crippen LogP) is 3.07. The second-order valence-electron chi connectivity index (χ2n) is 6.95. The molecule has 0 spiro atoms. The summed E-state index contributed by atoms with van der Waals surface area (Å²) >= 11 is 0. The fourth-order valence-electron chi connectivity index (χ4n) is 3.64. The molecule has 0 amide bonds. The van der Waals surface area contributed by atoms with Crippen LogP contribution in [0.2, 0.25) is 0 Å². The monoisotopic (exact) mass is 388 g/mol. The molecule has 4 N–H and O–H groups in total. The lowest BCUT2D eigenvalue weighted by Gasteiger charge is -2.34. The van der Waals surface area contributed by atoms with E-state index in [1.807, 2.05) is 0 Å². The zero-order chi connectivity index (χ0) is 19.4. The van der Waals surface area contributed by atoms with E-state index < -0.39 is 29.6 Å². The Hall–Kier alpha value is -1.71. The smallest absolute Gasteiger partial charge is 0.361 e. The average Bonchev–Trinajstić information content (AvgIpc) is 2.62. The number of nitrogens with zero attached hydrogens (tertiary/aromatic N) is 1. The van der Waals surface area contributed by atoms with Crippen molar-refractivity contribution in [3.8, 4) is 0 Å². The van der Waals surface area contributed by atoms with Crippen LogP contribution in [0, 0.1) is 11.7 Å². The van der Waals surface area contributed by atoms with Crippen molar-refractivity contribution in [3.63, 3.8) is 0 Å². The first kappa shape index (κ1) is 20.0. The molecule has 1 aromatic carbocycles. The molecule has 0 bridgehead atoms. The number of aliphatic hydroxyl groups excluding tert-OH is 1. The second kappa shape index (κ2) is 8.53. The van der Waals surface area contributed by atoms with Crippen molar-refractivity contribution in [3.05, 3.63) is 29.6 Å². The highest BCUT2D eigenvalue weighted by molar-refractivity contribution is 5.85. The van der Waals surface area contributed by atoms with Crippen LogP contribution in [0.1, 0.15) is 37.7 Å². The van der Waals surface area contributed by atoms with E-state index in [4.69, 9.17) is 4.99 Å². The van der Waals surface area contributed by atoms with E-state index >= 15 is 0 Å². The van der Waals surface area contributed by atoms with Crippen molar-refractivity contribution in [1.29, 1.82) is 0 Å². The van der Waals surface area contributed by atoms with Crippen LogP contribution in [-0.4, -0.2) is 36.4 Å². The number of halogens is 4. The van der Waals surface area contributed by atoms with Gasteiger partial charge in [-0.1, -0.05) is 6.07 Å². The third kappa shape index (κ3) is 5.18. The highest BCUT2D eigenvalue weighted by Crippen LogP contribution is 2.36. The third-order valence-corrected chi connectivity index (χ3v) is 5.03. The summed E-state index contributed by atoms with van der Waals surface area (Å²) < 4.78 is 52.7. The third-order valence-electron chi connectivity index (χ3n) is 5.03. The van der Waals surface area contributed by atoms with Crippen LogP contribution < -0.4 is 16.0 Å². The zero-order valence-electron chi connectivity index (χ0n) is 14.8. The molecule has 27 heavy (non-hydrogen) atoms. The van der Waals surface area contributed by atoms with E-state index in [0.29, 0.717) is 18.9 Å². The summed E-state index contributed by atoms with van der Waals surface area (Å²) in [5.41, 5.74) is -0.907. The van der Waals surface area contributed by atoms with Gasteiger partial charge in [0.1, 0.15) is 12.0 Å². The number of benzene rings is 1. The molecule has 2 aliphatic rings. The predicted molar refractivity (Wildman–Crippen MR) is 94.8 cm³/mol. The Morgan fingerprint density at radius 3 is 2.89 bits per heavy atom. The Morgan fingerprint density at radius 1 is 1.30 bits per heavy atom. The molecule has 2 heterocycles. The molecule has 5 nitrogen and oxygen atoms in total. The Morgan fingerprint density at radius 2 is 2.11 bits per heavy atom. The summed E-state index contributed by atoms with van der Waals surface area (Å²) in [5, 5.41) is 18.1. The highest BCUT2D eigenvalue weighted by atomic mass is 19.4. The number of rotatable bonds is 6. The highest BCUT2D eigenvalue weighted by Gasteiger charge is 2.35. The first-order chi connectivity index (χ1) is 12.8. The number of piperidine rings is 1. The van der Waals surface area contributed by atoms with E-state index in [-0.39, 0.29) is 6.17 Å². The van der Waals surface area contributed by atoms with Crippen molar-refractivity contribution in [2.24, 2.45) is 10.9 Å². The van der Waals surface area contributed by atoms with Crippen molar-refractivity contribution in [1.82, 2.24) is 10.6 Å². The molecular formula is C18H24F4N4O. The molecular weight excluding hydrogens is 364 g/mol. The molecule has 0 saturated carbocycles. The average molecular weight is 388 g/mol. The molecule has 3 atom stereocenters. The van der Waals surface area contributed by atoms with Crippen molar-refractivity contribution in [2.45, 2.75) is 50.8 Å². The Balaban J connectivity index is 1.52. The molecule has 1 saturated heterocycles. The van der Waals surface area contributed by atoms with E-state index in [1.54, 1.807) is 0 Å².